The molecule has 2 aromatic rings. The van der Waals surface area contributed by atoms with Crippen LogP contribution in [0.4, 0.5) is 5.95 Å². The summed E-state index contributed by atoms with van der Waals surface area (Å²) in [7, 11) is -4.58. The van der Waals surface area contributed by atoms with Gasteiger partial charge in [0.05, 0.1) is 15.7 Å². The van der Waals surface area contributed by atoms with Crippen molar-refractivity contribution < 1.29 is 28.0 Å². The molecule has 1 aliphatic rings. The standard InChI is InChI=1S/C21H26Cl2N6O6S/c1-13-12-25-20(26-13)24-10-4-2-3-9-21(19(31)32,27-18(30)16-8-11-35-28-16)29-36(33,34)17-14(22)6-5-7-15(17)23/h5-7,12,29H,2-4,8-11H2,1H3,(H,27,30)(H,31,32)(H2,24,25,26). The summed E-state index contributed by atoms with van der Waals surface area (Å²) in [5.41, 5.74) is -1.61. The van der Waals surface area contributed by atoms with Crippen LogP contribution >= 0.6 is 23.2 Å². The monoisotopic (exact) mass is 560 g/mol. The number of anilines is 1. The van der Waals surface area contributed by atoms with E-state index in [1.54, 1.807) is 6.20 Å². The van der Waals surface area contributed by atoms with Crippen LogP contribution in [0.25, 0.3) is 0 Å². The fourth-order valence-corrected chi connectivity index (χ4v) is 5.96. The number of halogens is 2. The Bertz CT molecular complexity index is 1230. The number of carbonyl (C=O) groups excluding carboxylic acids is 1. The van der Waals surface area contributed by atoms with Gasteiger partial charge >= 0.3 is 5.97 Å². The number of rotatable bonds is 13. The van der Waals surface area contributed by atoms with Gasteiger partial charge in [0.25, 0.3) is 5.91 Å². The smallest absolute Gasteiger partial charge is 0.345 e. The molecule has 12 nitrogen and oxygen atoms in total. The van der Waals surface area contributed by atoms with Crippen molar-refractivity contribution >= 4 is 56.8 Å². The van der Waals surface area contributed by atoms with E-state index in [1.165, 1.54) is 18.2 Å². The Kier molecular flexibility index (Phi) is 9.17. The van der Waals surface area contributed by atoms with Gasteiger partial charge in [0.1, 0.15) is 17.2 Å². The lowest BCUT2D eigenvalue weighted by molar-refractivity contribution is -0.148. The lowest BCUT2D eigenvalue weighted by Crippen LogP contribution is -2.66. The van der Waals surface area contributed by atoms with Gasteiger partial charge in [-0.25, -0.2) is 18.2 Å². The molecular weight excluding hydrogens is 535 g/mol. The number of benzene rings is 1. The number of carbonyl (C=O) groups is 2. The van der Waals surface area contributed by atoms with Crippen LogP contribution in [0.3, 0.4) is 0 Å². The van der Waals surface area contributed by atoms with E-state index in [-0.39, 0.29) is 41.6 Å². The van der Waals surface area contributed by atoms with Crippen LogP contribution in [0, 0.1) is 6.92 Å². The molecular formula is C21H26Cl2N6O6S. The maximum Gasteiger partial charge on any atom is 0.345 e. The van der Waals surface area contributed by atoms with Crippen LogP contribution in [0.5, 0.6) is 0 Å². The summed E-state index contributed by atoms with van der Waals surface area (Å²) in [6, 6.07) is 4.06. The topological polar surface area (TPSA) is 175 Å². The van der Waals surface area contributed by atoms with Crippen LogP contribution in [0.2, 0.25) is 10.0 Å². The van der Waals surface area contributed by atoms with Crippen molar-refractivity contribution in [2.45, 2.75) is 49.6 Å². The molecule has 0 saturated carbocycles. The Morgan fingerprint density at radius 2 is 1.94 bits per heavy atom. The zero-order valence-corrected chi connectivity index (χ0v) is 21.6. The maximum atomic E-state index is 13.2. The predicted molar refractivity (Wildman–Crippen MR) is 134 cm³/mol. The van der Waals surface area contributed by atoms with Crippen LogP contribution in [0.1, 0.15) is 37.8 Å². The van der Waals surface area contributed by atoms with E-state index in [0.717, 1.165) is 5.69 Å². The average molecular weight is 561 g/mol. The van der Waals surface area contributed by atoms with Gasteiger partial charge < -0.3 is 25.6 Å². The molecule has 196 valence electrons. The lowest BCUT2D eigenvalue weighted by atomic mass is 10.0. The minimum Gasteiger partial charge on any atom is -0.478 e. The van der Waals surface area contributed by atoms with Gasteiger partial charge in [-0.15, -0.1) is 0 Å². The second kappa shape index (κ2) is 11.9. The van der Waals surface area contributed by atoms with Crippen LogP contribution in [-0.2, 0) is 24.4 Å². The number of carboxylic acid groups (broad SMARTS) is 1. The number of hydrogen-bond acceptors (Lipinski definition) is 8. The van der Waals surface area contributed by atoms with Crippen molar-refractivity contribution in [1.29, 1.82) is 0 Å². The summed E-state index contributed by atoms with van der Waals surface area (Å²) in [4.78, 5) is 36.7. The number of carboxylic acids is 1. The van der Waals surface area contributed by atoms with Crippen molar-refractivity contribution in [2.24, 2.45) is 5.16 Å². The number of nitrogens with zero attached hydrogens (tertiary/aromatic N) is 2. The van der Waals surface area contributed by atoms with Gasteiger partial charge in [0.15, 0.2) is 5.95 Å². The van der Waals surface area contributed by atoms with E-state index >= 15 is 0 Å². The molecule has 0 fully saturated rings. The number of aromatic amines is 1. The van der Waals surface area contributed by atoms with Gasteiger partial charge in [-0.05, 0) is 38.3 Å². The molecule has 0 aliphatic carbocycles. The number of sulfonamides is 1. The van der Waals surface area contributed by atoms with Gasteiger partial charge in [0, 0.05) is 19.2 Å². The Morgan fingerprint density at radius 3 is 2.53 bits per heavy atom. The van der Waals surface area contributed by atoms with E-state index in [9.17, 15) is 23.1 Å². The van der Waals surface area contributed by atoms with Crippen molar-refractivity contribution in [3.05, 3.63) is 40.1 Å². The third-order valence-corrected chi connectivity index (χ3v) is 7.73. The Morgan fingerprint density at radius 1 is 1.22 bits per heavy atom. The average Bonchev–Trinajstić information content (AvgIpc) is 3.47. The van der Waals surface area contributed by atoms with E-state index < -0.39 is 32.5 Å². The number of hydrogen-bond donors (Lipinski definition) is 5. The number of oxime groups is 1. The molecule has 1 atom stereocenters. The third-order valence-electron chi connectivity index (χ3n) is 5.28. The number of aliphatic carboxylic acids is 1. The van der Waals surface area contributed by atoms with Crippen LogP contribution < -0.4 is 15.4 Å². The zero-order chi connectivity index (χ0) is 26.3. The first kappa shape index (κ1) is 27.7. The van der Waals surface area contributed by atoms with Gasteiger partial charge in [-0.1, -0.05) is 40.8 Å². The summed E-state index contributed by atoms with van der Waals surface area (Å²) >= 11 is 12.1. The summed E-state index contributed by atoms with van der Waals surface area (Å²) in [6.07, 6.45) is 3.06. The lowest BCUT2D eigenvalue weighted by Gasteiger charge is -2.31. The SMILES string of the molecule is Cc1c[nH]c(NCCCCCC(NC(=O)C2=NOCC2)(NS(=O)(=O)c2c(Cl)cccc2Cl)C(=O)O)n1. The highest BCUT2D eigenvalue weighted by atomic mass is 35.5. The maximum absolute atomic E-state index is 13.2. The summed E-state index contributed by atoms with van der Waals surface area (Å²) in [6.45, 7) is 2.56. The van der Waals surface area contributed by atoms with Crippen molar-refractivity contribution in [2.75, 3.05) is 18.5 Å². The van der Waals surface area contributed by atoms with E-state index in [0.29, 0.717) is 25.3 Å². The number of imidazole rings is 1. The summed E-state index contributed by atoms with van der Waals surface area (Å²) in [5, 5.41) is 18.7. The summed E-state index contributed by atoms with van der Waals surface area (Å²) in [5.74, 6) is -1.85. The Labute approximate surface area is 217 Å². The highest BCUT2D eigenvalue weighted by molar-refractivity contribution is 7.89. The molecule has 0 bridgehead atoms. The van der Waals surface area contributed by atoms with Crippen LogP contribution in [0.15, 0.2) is 34.4 Å². The predicted octanol–water partition coefficient (Wildman–Crippen LogP) is 2.65. The summed E-state index contributed by atoms with van der Waals surface area (Å²) < 4.78 is 28.6. The molecule has 0 radical (unpaired) electrons. The molecule has 1 aromatic carbocycles. The Balaban J connectivity index is 1.77. The second-order valence-corrected chi connectivity index (χ2v) is 10.5. The molecule has 3 rings (SSSR count). The normalized spacial score (nSPS) is 15.0. The van der Waals surface area contributed by atoms with E-state index in [4.69, 9.17) is 28.0 Å². The molecule has 2 heterocycles. The van der Waals surface area contributed by atoms with Gasteiger partial charge in [-0.3, -0.25) is 4.79 Å². The fraction of sp³-hybridized carbons (Fsp3) is 0.429. The molecule has 1 aromatic heterocycles. The van der Waals surface area contributed by atoms with Crippen molar-refractivity contribution in [3.63, 3.8) is 0 Å². The molecule has 15 heteroatoms. The molecule has 5 N–H and O–H groups in total. The van der Waals surface area contributed by atoms with Gasteiger partial charge in [0.2, 0.25) is 15.7 Å². The number of H-pyrrole nitrogens is 1. The molecule has 1 aliphatic heterocycles. The zero-order valence-electron chi connectivity index (χ0n) is 19.3. The second-order valence-electron chi connectivity index (χ2n) is 8.07. The van der Waals surface area contributed by atoms with E-state index in [1.807, 2.05) is 6.92 Å². The number of unbranched alkanes of at least 4 members (excludes halogenated alkanes) is 2. The molecule has 1 amide bonds. The van der Waals surface area contributed by atoms with Crippen molar-refractivity contribution in [1.82, 2.24) is 20.0 Å². The number of aromatic nitrogens is 2. The molecule has 36 heavy (non-hydrogen) atoms. The largest absolute Gasteiger partial charge is 0.478 e. The first-order valence-corrected chi connectivity index (χ1v) is 13.3. The third kappa shape index (κ3) is 6.87. The molecule has 0 spiro atoms. The number of nitrogens with one attached hydrogen (secondary N) is 4. The quantitative estimate of drug-likeness (QED) is 0.183. The minimum atomic E-state index is -4.58. The molecule has 0 saturated heterocycles. The first-order valence-electron chi connectivity index (χ1n) is 11.0. The van der Waals surface area contributed by atoms with Gasteiger partial charge in [-0.2, -0.15) is 4.72 Å². The van der Waals surface area contributed by atoms with Crippen molar-refractivity contribution in [3.8, 4) is 0 Å². The minimum absolute atomic E-state index is 0.0476. The number of aryl methyl sites for hydroxylation is 1. The molecule has 1 unspecified atom stereocenters. The highest BCUT2D eigenvalue weighted by Crippen LogP contribution is 2.30. The number of amides is 1. The first-order chi connectivity index (χ1) is 17.0. The fourth-order valence-electron chi connectivity index (χ4n) is 3.50. The van der Waals surface area contributed by atoms with Crippen LogP contribution in [-0.4, -0.2) is 59.9 Å². The highest BCUT2D eigenvalue weighted by Gasteiger charge is 2.45. The Hall–Kier alpha value is -2.87. The van der Waals surface area contributed by atoms with E-state index in [2.05, 4.69) is 30.5 Å².